The van der Waals surface area contributed by atoms with Crippen molar-refractivity contribution in [1.82, 2.24) is 0 Å². The number of allylic oxidation sites excluding steroid dienone is 8. The molecule has 0 radical (unpaired) electrons. The van der Waals surface area contributed by atoms with Crippen LogP contribution in [0.25, 0.3) is 0 Å². The maximum absolute atomic E-state index is 12.8. The molecule has 0 aromatic rings. The Hall–Kier alpha value is -2.63. The van der Waals surface area contributed by atoms with Crippen molar-refractivity contribution in [2.75, 3.05) is 13.2 Å². The van der Waals surface area contributed by atoms with Crippen molar-refractivity contribution in [3.63, 3.8) is 0 Å². The van der Waals surface area contributed by atoms with E-state index in [-0.39, 0.29) is 31.1 Å². The van der Waals surface area contributed by atoms with Gasteiger partial charge in [-0.05, 0) is 77.0 Å². The van der Waals surface area contributed by atoms with Gasteiger partial charge in [0.15, 0.2) is 6.10 Å². The molecule has 0 aliphatic rings. The largest absolute Gasteiger partial charge is 0.462 e. The molecule has 0 aliphatic heterocycles. The van der Waals surface area contributed by atoms with Crippen molar-refractivity contribution in [1.29, 1.82) is 0 Å². The van der Waals surface area contributed by atoms with Crippen LogP contribution in [0.1, 0.15) is 258 Å². The summed E-state index contributed by atoms with van der Waals surface area (Å²) in [6, 6.07) is 0. The van der Waals surface area contributed by atoms with Gasteiger partial charge in [0.25, 0.3) is 0 Å². The Labute approximate surface area is 371 Å². The summed E-state index contributed by atoms with van der Waals surface area (Å²) in [5.74, 6) is -0.901. The van der Waals surface area contributed by atoms with E-state index in [2.05, 4.69) is 69.4 Å². The molecule has 0 amide bonds. The minimum atomic E-state index is -0.781. The summed E-state index contributed by atoms with van der Waals surface area (Å²) >= 11 is 0. The fourth-order valence-electron chi connectivity index (χ4n) is 7.22. The van der Waals surface area contributed by atoms with Gasteiger partial charge >= 0.3 is 17.9 Å². The standard InChI is InChI=1S/C54H96O6/c1-4-7-10-13-16-19-22-24-26-28-29-32-35-38-41-44-47-53(56)59-50-51(49-58-52(55)46-43-40-37-34-31-21-18-15-12-9-6-3)60-54(57)48-45-42-39-36-33-30-27-25-23-20-17-14-11-8-5-2/h8,11,17,20,25-28,51H,4-7,9-10,12-16,18-19,21-24,29-50H2,1-3H3/b11-8-,20-17-,27-25-,28-26-/t51-/m1/s1. The number of unbranched alkanes of at least 4 members (excludes halogenated alkanes) is 27. The lowest BCUT2D eigenvalue weighted by molar-refractivity contribution is -0.167. The van der Waals surface area contributed by atoms with Crippen LogP contribution in [-0.2, 0) is 28.6 Å². The van der Waals surface area contributed by atoms with Crippen LogP contribution >= 0.6 is 0 Å². The molecule has 348 valence electrons. The van der Waals surface area contributed by atoms with Gasteiger partial charge in [0.05, 0.1) is 0 Å². The zero-order chi connectivity index (χ0) is 43.7. The predicted octanol–water partition coefficient (Wildman–Crippen LogP) is 16.7. The number of hydrogen-bond acceptors (Lipinski definition) is 6. The minimum absolute atomic E-state index is 0.0808. The van der Waals surface area contributed by atoms with Gasteiger partial charge in [0, 0.05) is 19.3 Å². The lowest BCUT2D eigenvalue weighted by Gasteiger charge is -2.18. The first-order valence-corrected chi connectivity index (χ1v) is 25.6. The second kappa shape index (κ2) is 49.0. The van der Waals surface area contributed by atoms with Crippen molar-refractivity contribution >= 4 is 17.9 Å². The number of ether oxygens (including phenoxy) is 3. The topological polar surface area (TPSA) is 78.9 Å². The Morgan fingerprint density at radius 2 is 0.650 bits per heavy atom. The molecule has 1 atom stereocenters. The highest BCUT2D eigenvalue weighted by Crippen LogP contribution is 2.15. The first kappa shape index (κ1) is 57.4. The minimum Gasteiger partial charge on any atom is -0.462 e. The van der Waals surface area contributed by atoms with Crippen LogP contribution in [0.4, 0.5) is 0 Å². The molecule has 0 rings (SSSR count). The highest BCUT2D eigenvalue weighted by Gasteiger charge is 2.19. The molecule has 0 spiro atoms. The van der Waals surface area contributed by atoms with Crippen LogP contribution < -0.4 is 0 Å². The molecule has 0 bridgehead atoms. The van der Waals surface area contributed by atoms with Gasteiger partial charge in [0.2, 0.25) is 0 Å². The van der Waals surface area contributed by atoms with Crippen LogP contribution in [0, 0.1) is 0 Å². The van der Waals surface area contributed by atoms with E-state index in [1.165, 1.54) is 116 Å². The summed E-state index contributed by atoms with van der Waals surface area (Å²) in [4.78, 5) is 37.9. The van der Waals surface area contributed by atoms with E-state index in [9.17, 15) is 14.4 Å². The summed E-state index contributed by atoms with van der Waals surface area (Å²) in [6.45, 7) is 6.51. The molecular weight excluding hydrogens is 745 g/mol. The Balaban J connectivity index is 4.39. The summed E-state index contributed by atoms with van der Waals surface area (Å²) in [5.41, 5.74) is 0. The lowest BCUT2D eigenvalue weighted by atomic mass is 10.1. The summed E-state index contributed by atoms with van der Waals surface area (Å²) < 4.78 is 16.8. The number of carbonyl (C=O) groups is 3. The van der Waals surface area contributed by atoms with E-state index in [1.807, 2.05) is 0 Å². The van der Waals surface area contributed by atoms with Crippen LogP contribution in [-0.4, -0.2) is 37.2 Å². The van der Waals surface area contributed by atoms with E-state index in [0.29, 0.717) is 19.3 Å². The molecule has 0 unspecified atom stereocenters. The SMILES string of the molecule is CC/C=C\C/C=C\C/C=C\CCCCCCCC(=O)O[C@@H](COC(=O)CCCCCCC/C=C\CCCCCCCCC)COC(=O)CCCCCCCCCCCCC. The van der Waals surface area contributed by atoms with Gasteiger partial charge in [-0.1, -0.05) is 211 Å². The smallest absolute Gasteiger partial charge is 0.306 e. The number of carbonyl (C=O) groups excluding carboxylic acids is 3. The van der Waals surface area contributed by atoms with Crippen LogP contribution in [0.5, 0.6) is 0 Å². The van der Waals surface area contributed by atoms with Gasteiger partial charge in [-0.15, -0.1) is 0 Å². The highest BCUT2D eigenvalue weighted by molar-refractivity contribution is 5.71. The first-order chi connectivity index (χ1) is 29.5. The molecule has 0 saturated carbocycles. The van der Waals surface area contributed by atoms with Gasteiger partial charge in [-0.2, -0.15) is 0 Å². The molecule has 6 nitrogen and oxygen atoms in total. The lowest BCUT2D eigenvalue weighted by Crippen LogP contribution is -2.30. The van der Waals surface area contributed by atoms with Crippen molar-refractivity contribution in [3.05, 3.63) is 48.6 Å². The molecule has 0 saturated heterocycles. The van der Waals surface area contributed by atoms with Crippen molar-refractivity contribution in [3.8, 4) is 0 Å². The number of rotatable bonds is 46. The molecular formula is C54H96O6. The zero-order valence-electron chi connectivity index (χ0n) is 39.7. The number of hydrogen-bond donors (Lipinski definition) is 0. The Morgan fingerprint density at radius 3 is 1.03 bits per heavy atom. The van der Waals surface area contributed by atoms with Crippen LogP contribution in [0.3, 0.4) is 0 Å². The maximum Gasteiger partial charge on any atom is 0.306 e. The number of esters is 3. The zero-order valence-corrected chi connectivity index (χ0v) is 39.7. The monoisotopic (exact) mass is 841 g/mol. The third-order valence-electron chi connectivity index (χ3n) is 11.1. The highest BCUT2D eigenvalue weighted by atomic mass is 16.6. The first-order valence-electron chi connectivity index (χ1n) is 25.6. The molecule has 0 aromatic heterocycles. The van der Waals surface area contributed by atoms with Gasteiger partial charge < -0.3 is 14.2 Å². The average molecular weight is 841 g/mol. The van der Waals surface area contributed by atoms with Crippen molar-refractivity contribution in [2.24, 2.45) is 0 Å². The molecule has 6 heteroatoms. The summed E-state index contributed by atoms with van der Waals surface area (Å²) in [5, 5.41) is 0. The van der Waals surface area contributed by atoms with Crippen molar-refractivity contribution < 1.29 is 28.6 Å². The second-order valence-electron chi connectivity index (χ2n) is 17.1. The summed E-state index contributed by atoms with van der Waals surface area (Å²) in [7, 11) is 0. The molecule has 60 heavy (non-hydrogen) atoms. The maximum atomic E-state index is 12.8. The summed E-state index contributed by atoms with van der Waals surface area (Å²) in [6.07, 6.45) is 58.0. The van der Waals surface area contributed by atoms with Gasteiger partial charge in [0.1, 0.15) is 13.2 Å². The molecule has 0 aromatic carbocycles. The van der Waals surface area contributed by atoms with Gasteiger partial charge in [-0.25, -0.2) is 0 Å². The molecule has 0 aliphatic carbocycles. The van der Waals surface area contributed by atoms with Crippen molar-refractivity contribution in [2.45, 2.75) is 264 Å². The van der Waals surface area contributed by atoms with E-state index in [0.717, 1.165) is 103 Å². The Kier molecular flexibility index (Phi) is 46.9. The van der Waals surface area contributed by atoms with E-state index < -0.39 is 6.10 Å². The van der Waals surface area contributed by atoms with Crippen LogP contribution in [0.15, 0.2) is 48.6 Å². The third-order valence-corrected chi connectivity index (χ3v) is 11.1. The Bertz CT molecular complexity index is 1060. The van der Waals surface area contributed by atoms with E-state index in [1.54, 1.807) is 0 Å². The van der Waals surface area contributed by atoms with E-state index >= 15 is 0 Å². The average Bonchev–Trinajstić information content (AvgIpc) is 3.24. The predicted molar refractivity (Wildman–Crippen MR) is 256 cm³/mol. The third kappa shape index (κ3) is 46.4. The second-order valence-corrected chi connectivity index (χ2v) is 17.1. The quantitative estimate of drug-likeness (QED) is 0.0263. The van der Waals surface area contributed by atoms with Crippen LogP contribution in [0.2, 0.25) is 0 Å². The van der Waals surface area contributed by atoms with Gasteiger partial charge in [-0.3, -0.25) is 14.4 Å². The normalized spacial score (nSPS) is 12.4. The molecule has 0 heterocycles. The van der Waals surface area contributed by atoms with E-state index in [4.69, 9.17) is 14.2 Å². The molecule has 0 fully saturated rings. The Morgan fingerprint density at radius 1 is 0.350 bits per heavy atom. The fraction of sp³-hybridized carbons (Fsp3) is 0.796. The molecule has 0 N–H and O–H groups in total. The fourth-order valence-corrected chi connectivity index (χ4v) is 7.22.